The zero-order valence-corrected chi connectivity index (χ0v) is 13.7. The molecule has 0 aliphatic heterocycles. The first-order valence-electron chi connectivity index (χ1n) is 7.48. The van der Waals surface area contributed by atoms with E-state index in [-0.39, 0.29) is 5.82 Å². The quantitative estimate of drug-likeness (QED) is 0.770. The van der Waals surface area contributed by atoms with Crippen LogP contribution in [0.2, 0.25) is 0 Å². The van der Waals surface area contributed by atoms with Gasteiger partial charge in [0.05, 0.1) is 5.69 Å². The lowest BCUT2D eigenvalue weighted by Crippen LogP contribution is -2.17. The molecule has 0 unspecified atom stereocenters. The molecular weight excluding hydrogens is 309 g/mol. The monoisotopic (exact) mass is 327 g/mol. The average molecular weight is 327 g/mol. The first-order valence-corrected chi connectivity index (χ1v) is 7.48. The third-order valence-electron chi connectivity index (χ3n) is 3.38. The van der Waals surface area contributed by atoms with E-state index < -0.39 is 5.60 Å². The summed E-state index contributed by atoms with van der Waals surface area (Å²) < 4.78 is 14.5. The molecule has 124 valence electrons. The minimum Gasteiger partial charge on any atom is -0.384 e. The van der Waals surface area contributed by atoms with Crippen LogP contribution in [0.5, 0.6) is 0 Å². The molecule has 0 aliphatic carbocycles. The van der Waals surface area contributed by atoms with Crippen molar-refractivity contribution >= 4 is 11.5 Å². The van der Waals surface area contributed by atoms with Gasteiger partial charge in [-0.3, -0.25) is 0 Å². The van der Waals surface area contributed by atoms with E-state index in [0.29, 0.717) is 17.5 Å². The van der Waals surface area contributed by atoms with Gasteiger partial charge in [-0.1, -0.05) is 0 Å². The van der Waals surface area contributed by atoms with Crippen LogP contribution >= 0.6 is 0 Å². The van der Waals surface area contributed by atoms with E-state index in [1.165, 1.54) is 16.8 Å². The molecule has 0 radical (unpaired) electrons. The SMILES string of the molecule is Cc1cc(Nc2ccc(F)cc2)nc(-n2ccc(C(C)(C)O)n2)n1. The molecule has 7 heteroatoms. The second-order valence-electron chi connectivity index (χ2n) is 6.03. The van der Waals surface area contributed by atoms with E-state index in [2.05, 4.69) is 20.4 Å². The molecule has 1 aromatic carbocycles. The zero-order chi connectivity index (χ0) is 17.3. The van der Waals surface area contributed by atoms with Crippen molar-refractivity contribution in [2.75, 3.05) is 5.32 Å². The van der Waals surface area contributed by atoms with E-state index >= 15 is 0 Å². The van der Waals surface area contributed by atoms with Gasteiger partial charge in [0.1, 0.15) is 17.2 Å². The molecule has 0 aliphatic rings. The number of anilines is 2. The molecule has 0 saturated heterocycles. The molecule has 2 N–H and O–H groups in total. The van der Waals surface area contributed by atoms with Crippen LogP contribution < -0.4 is 5.32 Å². The fourth-order valence-corrected chi connectivity index (χ4v) is 2.16. The smallest absolute Gasteiger partial charge is 0.252 e. The summed E-state index contributed by atoms with van der Waals surface area (Å²) >= 11 is 0. The molecule has 3 rings (SSSR count). The third-order valence-corrected chi connectivity index (χ3v) is 3.38. The van der Waals surface area contributed by atoms with Crippen LogP contribution in [0.15, 0.2) is 42.6 Å². The van der Waals surface area contributed by atoms with Gasteiger partial charge in [0.2, 0.25) is 0 Å². The standard InChI is InChI=1S/C17H18FN5O/c1-11-10-15(20-13-6-4-12(18)5-7-13)21-16(19-11)23-9-8-14(22-23)17(2,3)24/h4-10,24H,1-3H3,(H,19,20,21). The fraction of sp³-hybridized carbons (Fsp3) is 0.235. The van der Waals surface area contributed by atoms with E-state index in [0.717, 1.165) is 11.4 Å². The average Bonchev–Trinajstić information content (AvgIpc) is 2.99. The summed E-state index contributed by atoms with van der Waals surface area (Å²) in [6.07, 6.45) is 1.70. The maximum absolute atomic E-state index is 13.0. The molecule has 2 heterocycles. The highest BCUT2D eigenvalue weighted by Crippen LogP contribution is 2.19. The predicted molar refractivity (Wildman–Crippen MR) is 88.8 cm³/mol. The number of aliphatic hydroxyl groups is 1. The van der Waals surface area contributed by atoms with Crippen LogP contribution in [0.3, 0.4) is 0 Å². The van der Waals surface area contributed by atoms with Crippen molar-refractivity contribution in [3.63, 3.8) is 0 Å². The van der Waals surface area contributed by atoms with Crippen LogP contribution in [0.1, 0.15) is 25.2 Å². The van der Waals surface area contributed by atoms with Crippen LogP contribution in [0, 0.1) is 12.7 Å². The minimum absolute atomic E-state index is 0.296. The molecule has 0 saturated carbocycles. The Bertz CT molecular complexity index is 852. The Kier molecular flexibility index (Phi) is 4.02. The van der Waals surface area contributed by atoms with Crippen molar-refractivity contribution in [1.82, 2.24) is 19.7 Å². The Hall–Kier alpha value is -2.80. The summed E-state index contributed by atoms with van der Waals surface area (Å²) in [4.78, 5) is 8.78. The summed E-state index contributed by atoms with van der Waals surface area (Å²) in [5, 5.41) is 17.4. The molecule has 0 bridgehead atoms. The number of nitrogens with one attached hydrogen (secondary N) is 1. The summed E-state index contributed by atoms with van der Waals surface area (Å²) in [7, 11) is 0. The van der Waals surface area contributed by atoms with Crippen molar-refractivity contribution in [3.8, 4) is 5.95 Å². The van der Waals surface area contributed by atoms with E-state index in [1.54, 1.807) is 44.3 Å². The number of halogens is 1. The van der Waals surface area contributed by atoms with Gasteiger partial charge in [-0.2, -0.15) is 10.1 Å². The maximum Gasteiger partial charge on any atom is 0.252 e. The molecule has 2 aromatic heterocycles. The highest BCUT2D eigenvalue weighted by molar-refractivity contribution is 5.56. The van der Waals surface area contributed by atoms with Crippen molar-refractivity contribution in [3.05, 3.63) is 59.8 Å². The lowest BCUT2D eigenvalue weighted by molar-refractivity contribution is 0.0734. The van der Waals surface area contributed by atoms with Crippen LogP contribution in [-0.2, 0) is 5.60 Å². The largest absolute Gasteiger partial charge is 0.384 e. The van der Waals surface area contributed by atoms with Gasteiger partial charge in [-0.15, -0.1) is 0 Å². The van der Waals surface area contributed by atoms with Gasteiger partial charge < -0.3 is 10.4 Å². The van der Waals surface area contributed by atoms with Gasteiger partial charge in [0, 0.05) is 23.6 Å². The molecule has 24 heavy (non-hydrogen) atoms. The number of nitrogens with zero attached hydrogens (tertiary/aromatic N) is 4. The van der Waals surface area contributed by atoms with E-state index in [9.17, 15) is 9.50 Å². The Morgan fingerprint density at radius 3 is 2.46 bits per heavy atom. The summed E-state index contributed by atoms with van der Waals surface area (Å²) in [6.45, 7) is 5.18. The topological polar surface area (TPSA) is 75.9 Å². The lowest BCUT2D eigenvalue weighted by Gasteiger charge is -2.13. The lowest BCUT2D eigenvalue weighted by atomic mass is 10.1. The Morgan fingerprint density at radius 2 is 1.83 bits per heavy atom. The highest BCUT2D eigenvalue weighted by atomic mass is 19.1. The van der Waals surface area contributed by atoms with Crippen LogP contribution in [0.4, 0.5) is 15.9 Å². The van der Waals surface area contributed by atoms with Gasteiger partial charge in [0.25, 0.3) is 5.95 Å². The first kappa shape index (κ1) is 16.1. The summed E-state index contributed by atoms with van der Waals surface area (Å²) in [6, 6.07) is 9.52. The number of rotatable bonds is 4. The Morgan fingerprint density at radius 1 is 1.12 bits per heavy atom. The van der Waals surface area contributed by atoms with Gasteiger partial charge >= 0.3 is 0 Å². The van der Waals surface area contributed by atoms with Crippen molar-refractivity contribution in [1.29, 1.82) is 0 Å². The molecule has 3 aromatic rings. The van der Waals surface area contributed by atoms with Crippen molar-refractivity contribution in [2.45, 2.75) is 26.4 Å². The minimum atomic E-state index is -1.04. The summed E-state index contributed by atoms with van der Waals surface area (Å²) in [5.74, 6) is 0.662. The van der Waals surface area contributed by atoms with Gasteiger partial charge in [-0.05, 0) is 51.1 Å². The van der Waals surface area contributed by atoms with Crippen molar-refractivity contribution in [2.24, 2.45) is 0 Å². The number of aromatic nitrogens is 4. The first-order chi connectivity index (χ1) is 11.3. The molecule has 0 fully saturated rings. The number of benzene rings is 1. The normalized spacial score (nSPS) is 11.5. The molecular formula is C17H18FN5O. The highest BCUT2D eigenvalue weighted by Gasteiger charge is 2.20. The third kappa shape index (κ3) is 3.57. The van der Waals surface area contributed by atoms with E-state index in [1.807, 2.05) is 6.92 Å². The fourth-order valence-electron chi connectivity index (χ4n) is 2.16. The van der Waals surface area contributed by atoms with Crippen LogP contribution in [-0.4, -0.2) is 24.9 Å². The predicted octanol–water partition coefficient (Wildman–Crippen LogP) is 3.08. The Labute approximate surface area is 139 Å². The van der Waals surface area contributed by atoms with Crippen molar-refractivity contribution < 1.29 is 9.50 Å². The molecule has 0 spiro atoms. The van der Waals surface area contributed by atoms with E-state index in [4.69, 9.17) is 0 Å². The van der Waals surface area contributed by atoms with Crippen LogP contribution in [0.25, 0.3) is 5.95 Å². The van der Waals surface area contributed by atoms with Gasteiger partial charge in [-0.25, -0.2) is 14.1 Å². The number of aryl methyl sites for hydroxylation is 1. The Balaban J connectivity index is 1.91. The number of hydrogen-bond acceptors (Lipinski definition) is 5. The zero-order valence-electron chi connectivity index (χ0n) is 13.7. The summed E-state index contributed by atoms with van der Waals surface area (Å²) in [5.41, 5.74) is 0.966. The number of hydrogen-bond donors (Lipinski definition) is 2. The molecule has 6 nitrogen and oxygen atoms in total. The van der Waals surface area contributed by atoms with Gasteiger partial charge in [0.15, 0.2) is 0 Å². The second kappa shape index (κ2) is 6.01. The molecule has 0 amide bonds. The molecule has 0 atom stereocenters. The maximum atomic E-state index is 13.0. The second-order valence-corrected chi connectivity index (χ2v) is 6.03.